The quantitative estimate of drug-likeness (QED) is 0.820. The fraction of sp³-hybridized carbons (Fsp3) is 0.533. The lowest BCUT2D eigenvalue weighted by Gasteiger charge is -2.33. The maximum Gasteiger partial charge on any atom is 0.124 e. The molecular weight excluding hydrogens is 273 g/mol. The smallest absolute Gasteiger partial charge is 0.124 e. The van der Waals surface area contributed by atoms with Gasteiger partial charge in [0.05, 0.1) is 0 Å². The summed E-state index contributed by atoms with van der Waals surface area (Å²) in [6, 6.07) is 4.97. The second kappa shape index (κ2) is 6.99. The lowest BCUT2D eigenvalue weighted by atomic mass is 10.0. The van der Waals surface area contributed by atoms with Crippen molar-refractivity contribution in [3.8, 4) is 0 Å². The second-order valence-electron chi connectivity index (χ2n) is 5.31. The number of hydrogen-bond acceptors (Lipinski definition) is 3. The molecule has 3 nitrogen and oxygen atoms in total. The molecular formula is C15H22FN3S. The van der Waals surface area contributed by atoms with Gasteiger partial charge in [-0.2, -0.15) is 0 Å². The van der Waals surface area contributed by atoms with Gasteiger partial charge in [-0.3, -0.25) is 0 Å². The molecule has 0 aliphatic carbocycles. The molecule has 5 heteroatoms. The standard InChI is InChI=1S/C15H22FN3S/c1-2-7-19-8-5-12(6-9-19)18-14-4-3-11(16)10-13(14)15(17)20/h3-4,10,12,18H,2,5-9H2,1H3,(H2,17,20). The molecule has 0 spiro atoms. The number of hydrogen-bond donors (Lipinski definition) is 2. The van der Waals surface area contributed by atoms with Gasteiger partial charge in [0.25, 0.3) is 0 Å². The molecule has 0 aromatic heterocycles. The van der Waals surface area contributed by atoms with Crippen molar-refractivity contribution in [2.45, 2.75) is 32.2 Å². The maximum atomic E-state index is 13.3. The van der Waals surface area contributed by atoms with Crippen LogP contribution in [0.2, 0.25) is 0 Å². The first-order chi connectivity index (χ1) is 9.60. The van der Waals surface area contributed by atoms with Crippen LogP contribution in [0, 0.1) is 5.82 Å². The highest BCUT2D eigenvalue weighted by Crippen LogP contribution is 2.21. The third-order valence-electron chi connectivity index (χ3n) is 3.73. The van der Waals surface area contributed by atoms with Crippen molar-refractivity contribution in [2.24, 2.45) is 5.73 Å². The molecule has 20 heavy (non-hydrogen) atoms. The van der Waals surface area contributed by atoms with Gasteiger partial charge in [0, 0.05) is 30.4 Å². The van der Waals surface area contributed by atoms with Gasteiger partial charge in [-0.1, -0.05) is 19.1 Å². The maximum absolute atomic E-state index is 13.3. The minimum Gasteiger partial charge on any atom is -0.389 e. The minimum atomic E-state index is -0.309. The van der Waals surface area contributed by atoms with Crippen LogP contribution in [0.1, 0.15) is 31.7 Å². The topological polar surface area (TPSA) is 41.3 Å². The number of rotatable bonds is 5. The fourth-order valence-corrected chi connectivity index (χ4v) is 2.85. The lowest BCUT2D eigenvalue weighted by Crippen LogP contribution is -2.39. The number of piperidine rings is 1. The van der Waals surface area contributed by atoms with Crippen LogP contribution in [0.3, 0.4) is 0 Å². The summed E-state index contributed by atoms with van der Waals surface area (Å²) >= 11 is 4.99. The zero-order valence-electron chi connectivity index (χ0n) is 11.9. The molecule has 1 aromatic carbocycles. The first kappa shape index (κ1) is 15.2. The van der Waals surface area contributed by atoms with Gasteiger partial charge in [-0.25, -0.2) is 4.39 Å². The molecule has 0 radical (unpaired) electrons. The van der Waals surface area contributed by atoms with Crippen LogP contribution in [0.25, 0.3) is 0 Å². The van der Waals surface area contributed by atoms with Crippen molar-refractivity contribution >= 4 is 22.9 Å². The molecule has 0 amide bonds. The second-order valence-corrected chi connectivity index (χ2v) is 5.75. The number of benzene rings is 1. The van der Waals surface area contributed by atoms with Crippen LogP contribution in [0.4, 0.5) is 10.1 Å². The zero-order chi connectivity index (χ0) is 14.5. The molecule has 1 heterocycles. The molecule has 1 aliphatic heterocycles. The van der Waals surface area contributed by atoms with E-state index in [1.54, 1.807) is 6.07 Å². The van der Waals surface area contributed by atoms with Crippen LogP contribution in [-0.2, 0) is 0 Å². The molecule has 1 aliphatic rings. The average Bonchev–Trinajstić information content (AvgIpc) is 2.43. The summed E-state index contributed by atoms with van der Waals surface area (Å²) in [5.41, 5.74) is 7.10. The number of nitrogens with zero attached hydrogens (tertiary/aromatic N) is 1. The van der Waals surface area contributed by atoms with Gasteiger partial charge >= 0.3 is 0 Å². The Morgan fingerprint density at radius 1 is 1.45 bits per heavy atom. The molecule has 1 saturated heterocycles. The van der Waals surface area contributed by atoms with Crippen molar-refractivity contribution in [1.29, 1.82) is 0 Å². The Hall–Kier alpha value is -1.20. The third kappa shape index (κ3) is 3.90. The first-order valence-electron chi connectivity index (χ1n) is 7.18. The molecule has 110 valence electrons. The van der Waals surface area contributed by atoms with Crippen molar-refractivity contribution in [3.05, 3.63) is 29.6 Å². The Labute approximate surface area is 125 Å². The van der Waals surface area contributed by atoms with Crippen molar-refractivity contribution < 1.29 is 4.39 Å². The predicted molar refractivity (Wildman–Crippen MR) is 85.7 cm³/mol. The van der Waals surface area contributed by atoms with E-state index in [4.69, 9.17) is 18.0 Å². The van der Waals surface area contributed by atoms with Crippen LogP contribution < -0.4 is 11.1 Å². The van der Waals surface area contributed by atoms with E-state index >= 15 is 0 Å². The highest BCUT2D eigenvalue weighted by molar-refractivity contribution is 7.80. The highest BCUT2D eigenvalue weighted by atomic mass is 32.1. The van der Waals surface area contributed by atoms with Gasteiger partial charge < -0.3 is 16.0 Å². The lowest BCUT2D eigenvalue weighted by molar-refractivity contribution is 0.219. The summed E-state index contributed by atoms with van der Waals surface area (Å²) in [6.45, 7) is 5.59. The Kier molecular flexibility index (Phi) is 5.31. The summed E-state index contributed by atoms with van der Waals surface area (Å²) < 4.78 is 13.3. The number of thiocarbonyl (C=S) groups is 1. The highest BCUT2D eigenvalue weighted by Gasteiger charge is 2.19. The van der Waals surface area contributed by atoms with E-state index in [2.05, 4.69) is 17.1 Å². The van der Waals surface area contributed by atoms with Gasteiger partial charge in [0.1, 0.15) is 10.8 Å². The van der Waals surface area contributed by atoms with E-state index in [0.29, 0.717) is 11.6 Å². The summed E-state index contributed by atoms with van der Waals surface area (Å²) in [5.74, 6) is -0.309. The van der Waals surface area contributed by atoms with E-state index in [9.17, 15) is 4.39 Å². The average molecular weight is 295 g/mol. The molecule has 3 N–H and O–H groups in total. The summed E-state index contributed by atoms with van der Waals surface area (Å²) in [4.78, 5) is 2.72. The Morgan fingerprint density at radius 3 is 2.75 bits per heavy atom. The monoisotopic (exact) mass is 295 g/mol. The van der Waals surface area contributed by atoms with E-state index in [1.165, 1.54) is 25.1 Å². The van der Waals surface area contributed by atoms with Gasteiger partial charge in [-0.15, -0.1) is 0 Å². The molecule has 2 rings (SSSR count). The molecule has 0 unspecified atom stereocenters. The van der Waals surface area contributed by atoms with Crippen molar-refractivity contribution in [1.82, 2.24) is 4.90 Å². The van der Waals surface area contributed by atoms with Crippen LogP contribution in [-0.4, -0.2) is 35.6 Å². The largest absolute Gasteiger partial charge is 0.389 e. The van der Waals surface area contributed by atoms with Crippen molar-refractivity contribution in [3.63, 3.8) is 0 Å². The van der Waals surface area contributed by atoms with E-state index in [0.717, 1.165) is 31.6 Å². The molecule has 1 fully saturated rings. The Morgan fingerprint density at radius 2 is 2.15 bits per heavy atom. The zero-order valence-corrected chi connectivity index (χ0v) is 12.7. The third-order valence-corrected chi connectivity index (χ3v) is 3.95. The molecule has 0 bridgehead atoms. The summed E-state index contributed by atoms with van der Waals surface area (Å²) in [7, 11) is 0. The summed E-state index contributed by atoms with van der Waals surface area (Å²) in [6.07, 6.45) is 3.38. The number of halogens is 1. The van der Waals surface area contributed by atoms with Crippen molar-refractivity contribution in [2.75, 3.05) is 25.0 Å². The van der Waals surface area contributed by atoms with Crippen LogP contribution in [0.15, 0.2) is 18.2 Å². The number of anilines is 1. The SMILES string of the molecule is CCCN1CCC(Nc2ccc(F)cc2C(N)=S)CC1. The minimum absolute atomic E-state index is 0.232. The normalized spacial score (nSPS) is 17.1. The van der Waals surface area contributed by atoms with Crippen LogP contribution >= 0.6 is 12.2 Å². The van der Waals surface area contributed by atoms with Gasteiger partial charge in [0.15, 0.2) is 0 Å². The Balaban J connectivity index is 1.99. The first-order valence-corrected chi connectivity index (χ1v) is 7.59. The van der Waals surface area contributed by atoms with Gasteiger partial charge in [0.2, 0.25) is 0 Å². The molecule has 1 aromatic rings. The number of likely N-dealkylation sites (tertiary alicyclic amines) is 1. The van der Waals surface area contributed by atoms with E-state index in [-0.39, 0.29) is 10.8 Å². The number of nitrogens with two attached hydrogens (primary N) is 1. The van der Waals surface area contributed by atoms with E-state index in [1.807, 2.05) is 0 Å². The fourth-order valence-electron chi connectivity index (χ4n) is 2.68. The molecule has 0 saturated carbocycles. The Bertz CT molecular complexity index is 470. The van der Waals surface area contributed by atoms with Crippen LogP contribution in [0.5, 0.6) is 0 Å². The van der Waals surface area contributed by atoms with Gasteiger partial charge in [-0.05, 0) is 44.0 Å². The summed E-state index contributed by atoms with van der Waals surface area (Å²) in [5, 5.41) is 3.46. The molecule has 0 atom stereocenters. The predicted octanol–water partition coefficient (Wildman–Crippen LogP) is 2.75. The van der Waals surface area contributed by atoms with E-state index < -0.39 is 0 Å². The number of nitrogens with one attached hydrogen (secondary N) is 1.